The lowest BCUT2D eigenvalue weighted by atomic mass is 9.96. The van der Waals surface area contributed by atoms with E-state index in [0.717, 1.165) is 12.5 Å². The van der Waals surface area contributed by atoms with Crippen molar-refractivity contribution in [1.82, 2.24) is 14.9 Å². The van der Waals surface area contributed by atoms with Crippen molar-refractivity contribution in [3.63, 3.8) is 0 Å². The standard InChI is InChI=1S/C15H21N3O2/c19-15(20)12-8-16-10-17-13(12)9-18-7-3-6-14(18)11-4-1-2-5-11/h8,10-11,14H,1-7,9H2,(H,19,20). The van der Waals surface area contributed by atoms with Crippen LogP contribution in [0, 0.1) is 5.92 Å². The summed E-state index contributed by atoms with van der Waals surface area (Å²) in [6.07, 6.45) is 10.7. The van der Waals surface area contributed by atoms with Crippen molar-refractivity contribution in [3.8, 4) is 0 Å². The monoisotopic (exact) mass is 275 g/mol. The fourth-order valence-electron chi connectivity index (χ4n) is 3.78. The number of rotatable bonds is 4. The average Bonchev–Trinajstić information content (AvgIpc) is 3.09. The highest BCUT2D eigenvalue weighted by Gasteiger charge is 2.33. The van der Waals surface area contributed by atoms with Crippen LogP contribution < -0.4 is 0 Å². The highest BCUT2D eigenvalue weighted by Crippen LogP contribution is 2.36. The number of likely N-dealkylation sites (tertiary alicyclic amines) is 1. The summed E-state index contributed by atoms with van der Waals surface area (Å²) in [7, 11) is 0. The van der Waals surface area contributed by atoms with Crippen LogP contribution in [-0.2, 0) is 6.54 Å². The number of hydrogen-bond acceptors (Lipinski definition) is 4. The minimum Gasteiger partial charge on any atom is -0.478 e. The van der Waals surface area contributed by atoms with E-state index in [1.54, 1.807) is 0 Å². The molecule has 1 atom stereocenters. The molecule has 5 nitrogen and oxygen atoms in total. The SMILES string of the molecule is O=C(O)c1cncnc1CN1CCCC1C1CCCC1. The van der Waals surface area contributed by atoms with Gasteiger partial charge in [0.2, 0.25) is 0 Å². The second-order valence-electron chi connectivity index (χ2n) is 5.91. The molecular weight excluding hydrogens is 254 g/mol. The van der Waals surface area contributed by atoms with E-state index >= 15 is 0 Å². The molecule has 0 aromatic carbocycles. The van der Waals surface area contributed by atoms with E-state index in [9.17, 15) is 9.90 Å². The Bertz CT molecular complexity index is 486. The first-order valence-corrected chi connectivity index (χ1v) is 7.52. The largest absolute Gasteiger partial charge is 0.478 e. The van der Waals surface area contributed by atoms with Crippen molar-refractivity contribution in [2.24, 2.45) is 5.92 Å². The number of carboxylic acid groups (broad SMARTS) is 1. The molecule has 1 saturated heterocycles. The van der Waals surface area contributed by atoms with Gasteiger partial charge in [0.25, 0.3) is 0 Å². The van der Waals surface area contributed by atoms with E-state index in [4.69, 9.17) is 0 Å². The number of hydrogen-bond donors (Lipinski definition) is 1. The van der Waals surface area contributed by atoms with Crippen LogP contribution in [0.15, 0.2) is 12.5 Å². The Morgan fingerprint density at radius 2 is 2.10 bits per heavy atom. The first-order valence-electron chi connectivity index (χ1n) is 7.52. The van der Waals surface area contributed by atoms with Crippen LogP contribution in [0.5, 0.6) is 0 Å². The Labute approximate surface area is 119 Å². The molecule has 1 aliphatic heterocycles. The van der Waals surface area contributed by atoms with Crippen molar-refractivity contribution >= 4 is 5.97 Å². The molecule has 20 heavy (non-hydrogen) atoms. The molecule has 0 bridgehead atoms. The molecule has 0 amide bonds. The van der Waals surface area contributed by atoms with Crippen LogP contribution >= 0.6 is 0 Å². The number of carboxylic acids is 1. The molecule has 108 valence electrons. The van der Waals surface area contributed by atoms with Gasteiger partial charge in [-0.15, -0.1) is 0 Å². The maximum Gasteiger partial charge on any atom is 0.339 e. The molecule has 1 aromatic rings. The van der Waals surface area contributed by atoms with Crippen molar-refractivity contribution in [2.75, 3.05) is 6.54 Å². The third-order valence-corrected chi connectivity index (χ3v) is 4.74. The highest BCUT2D eigenvalue weighted by atomic mass is 16.4. The highest BCUT2D eigenvalue weighted by molar-refractivity contribution is 5.88. The van der Waals surface area contributed by atoms with Crippen molar-refractivity contribution in [2.45, 2.75) is 51.1 Å². The minimum atomic E-state index is -0.933. The molecule has 1 unspecified atom stereocenters. The average molecular weight is 275 g/mol. The van der Waals surface area contributed by atoms with Crippen molar-refractivity contribution in [1.29, 1.82) is 0 Å². The molecule has 2 heterocycles. The predicted octanol–water partition coefficient (Wildman–Crippen LogP) is 2.33. The van der Waals surface area contributed by atoms with Crippen LogP contribution in [0.4, 0.5) is 0 Å². The fraction of sp³-hybridized carbons (Fsp3) is 0.667. The van der Waals surface area contributed by atoms with Crippen LogP contribution in [0.2, 0.25) is 0 Å². The number of carbonyl (C=O) groups is 1. The zero-order chi connectivity index (χ0) is 13.9. The Kier molecular flexibility index (Phi) is 3.96. The summed E-state index contributed by atoms with van der Waals surface area (Å²) in [6.45, 7) is 1.70. The van der Waals surface area contributed by atoms with Crippen LogP contribution in [-0.4, -0.2) is 38.5 Å². The summed E-state index contributed by atoms with van der Waals surface area (Å²) in [5.74, 6) is -0.134. The van der Waals surface area contributed by atoms with E-state index in [-0.39, 0.29) is 5.56 Å². The lowest BCUT2D eigenvalue weighted by Gasteiger charge is -2.29. The summed E-state index contributed by atoms with van der Waals surface area (Å²) in [4.78, 5) is 21.7. The minimum absolute atomic E-state index is 0.240. The maximum absolute atomic E-state index is 11.2. The van der Waals surface area contributed by atoms with Crippen molar-refractivity contribution in [3.05, 3.63) is 23.8 Å². The number of aromatic nitrogens is 2. The number of aromatic carboxylic acids is 1. The fourth-order valence-corrected chi connectivity index (χ4v) is 3.78. The number of nitrogens with zero attached hydrogens (tertiary/aromatic N) is 3. The lowest BCUT2D eigenvalue weighted by molar-refractivity contribution is 0.0692. The molecule has 1 aliphatic carbocycles. The Balaban J connectivity index is 1.75. The van der Waals surface area contributed by atoms with E-state index < -0.39 is 5.97 Å². The Hall–Kier alpha value is -1.49. The Morgan fingerprint density at radius 3 is 2.85 bits per heavy atom. The molecule has 3 rings (SSSR count). The van der Waals surface area contributed by atoms with Gasteiger partial charge in [-0.2, -0.15) is 0 Å². The normalized spacial score (nSPS) is 24.3. The molecule has 2 fully saturated rings. The third kappa shape index (κ3) is 2.68. The van der Waals surface area contributed by atoms with Gasteiger partial charge in [0.1, 0.15) is 11.9 Å². The van der Waals surface area contributed by atoms with Gasteiger partial charge in [-0.1, -0.05) is 12.8 Å². The van der Waals surface area contributed by atoms with Crippen LogP contribution in [0.1, 0.15) is 54.6 Å². The van der Waals surface area contributed by atoms with Gasteiger partial charge in [0, 0.05) is 18.8 Å². The molecule has 5 heteroatoms. The molecule has 1 saturated carbocycles. The van der Waals surface area contributed by atoms with E-state index in [1.165, 1.54) is 51.0 Å². The van der Waals surface area contributed by atoms with Gasteiger partial charge in [0.15, 0.2) is 0 Å². The summed E-state index contributed by atoms with van der Waals surface area (Å²) in [6, 6.07) is 0.620. The second kappa shape index (κ2) is 5.87. The smallest absolute Gasteiger partial charge is 0.339 e. The predicted molar refractivity (Wildman–Crippen MR) is 74.4 cm³/mol. The van der Waals surface area contributed by atoms with Gasteiger partial charge in [-0.05, 0) is 38.1 Å². The van der Waals surface area contributed by atoms with Gasteiger partial charge in [-0.3, -0.25) is 4.90 Å². The zero-order valence-corrected chi connectivity index (χ0v) is 11.7. The topological polar surface area (TPSA) is 66.3 Å². The molecule has 1 aromatic heterocycles. The van der Waals surface area contributed by atoms with E-state index in [0.29, 0.717) is 18.3 Å². The van der Waals surface area contributed by atoms with E-state index in [1.807, 2.05) is 0 Å². The van der Waals surface area contributed by atoms with Gasteiger partial charge in [-0.25, -0.2) is 14.8 Å². The first-order chi connectivity index (χ1) is 9.75. The molecular formula is C15H21N3O2. The third-order valence-electron chi connectivity index (χ3n) is 4.74. The molecule has 1 N–H and O–H groups in total. The quantitative estimate of drug-likeness (QED) is 0.913. The molecule has 0 spiro atoms. The van der Waals surface area contributed by atoms with Gasteiger partial charge >= 0.3 is 5.97 Å². The first kappa shape index (κ1) is 13.5. The van der Waals surface area contributed by atoms with Crippen molar-refractivity contribution < 1.29 is 9.90 Å². The van der Waals surface area contributed by atoms with Gasteiger partial charge < -0.3 is 5.11 Å². The van der Waals surface area contributed by atoms with Crippen LogP contribution in [0.25, 0.3) is 0 Å². The molecule has 2 aliphatic rings. The van der Waals surface area contributed by atoms with Crippen LogP contribution in [0.3, 0.4) is 0 Å². The summed E-state index contributed by atoms with van der Waals surface area (Å²) in [5, 5.41) is 9.22. The summed E-state index contributed by atoms with van der Waals surface area (Å²) in [5.41, 5.74) is 0.891. The van der Waals surface area contributed by atoms with E-state index in [2.05, 4.69) is 14.9 Å². The summed E-state index contributed by atoms with van der Waals surface area (Å²) >= 11 is 0. The molecule has 0 radical (unpaired) electrons. The Morgan fingerprint density at radius 1 is 1.30 bits per heavy atom. The maximum atomic E-state index is 11.2. The van der Waals surface area contributed by atoms with Gasteiger partial charge in [0.05, 0.1) is 5.69 Å². The second-order valence-corrected chi connectivity index (χ2v) is 5.91. The zero-order valence-electron chi connectivity index (χ0n) is 11.7. The lowest BCUT2D eigenvalue weighted by Crippen LogP contribution is -2.34. The summed E-state index contributed by atoms with van der Waals surface area (Å²) < 4.78 is 0.